The number of hydrogen-bond donors (Lipinski definition) is 0. The van der Waals surface area contributed by atoms with E-state index >= 15 is 0 Å². The molecule has 1 atom stereocenters. The molecule has 0 saturated carbocycles. The zero-order chi connectivity index (χ0) is 37.3. The Balaban J connectivity index is 0.951. The van der Waals surface area contributed by atoms with E-state index in [-0.39, 0.29) is 6.04 Å². The normalized spacial score (nSPS) is 14.0. The predicted molar refractivity (Wildman–Crippen MR) is 236 cm³/mol. The number of nitrogens with zero attached hydrogens (tertiary/aromatic N) is 2. The summed E-state index contributed by atoms with van der Waals surface area (Å²) in [6, 6.07) is 73.8. The lowest BCUT2D eigenvalue weighted by Gasteiger charge is -2.22. The minimum atomic E-state index is 0.0857. The summed E-state index contributed by atoms with van der Waals surface area (Å²) in [5.74, 6) is 0. The summed E-state index contributed by atoms with van der Waals surface area (Å²) >= 11 is 0. The number of fused-ring (bicyclic) bond motifs is 3. The van der Waals surface area contributed by atoms with Crippen LogP contribution in [0.15, 0.2) is 217 Å². The first-order valence-corrected chi connectivity index (χ1v) is 19.3. The lowest BCUT2D eigenvalue weighted by atomic mass is 9.89. The first-order chi connectivity index (χ1) is 27.7. The number of aliphatic imine (C=N–C) groups is 1. The maximum absolute atomic E-state index is 5.26. The van der Waals surface area contributed by atoms with Crippen LogP contribution in [0.1, 0.15) is 29.2 Å². The van der Waals surface area contributed by atoms with Gasteiger partial charge >= 0.3 is 0 Å². The second-order valence-corrected chi connectivity index (χ2v) is 14.5. The number of dihydropyridines is 1. The zero-order valence-electron chi connectivity index (χ0n) is 30.9. The SMILES string of the molecule is C1=C(c2ccccc2)CC(c2ccccc2)N=C1c1ccc(-c2ccc(-c3ccc4c(ccc5nc(-c6ccccc6)cc(-c6ccccc6)c54)c3)cc2)cc1. The molecule has 0 N–H and O–H groups in total. The van der Waals surface area contributed by atoms with Gasteiger partial charge in [0.1, 0.15) is 0 Å². The van der Waals surface area contributed by atoms with Gasteiger partial charge < -0.3 is 0 Å². The second kappa shape index (κ2) is 14.6. The molecular formula is C54H38N2. The van der Waals surface area contributed by atoms with Crippen LogP contribution in [0.5, 0.6) is 0 Å². The molecule has 56 heavy (non-hydrogen) atoms. The van der Waals surface area contributed by atoms with Gasteiger partial charge in [0.25, 0.3) is 0 Å². The fourth-order valence-corrected chi connectivity index (χ4v) is 8.10. The van der Waals surface area contributed by atoms with Crippen LogP contribution in [0.2, 0.25) is 0 Å². The minimum absolute atomic E-state index is 0.0857. The molecule has 0 bridgehead atoms. The highest BCUT2D eigenvalue weighted by Gasteiger charge is 2.20. The molecule has 10 rings (SSSR count). The van der Waals surface area contributed by atoms with Gasteiger partial charge in [-0.3, -0.25) is 4.99 Å². The maximum atomic E-state index is 5.26. The molecule has 9 aromatic rings. The minimum Gasteiger partial charge on any atom is -0.276 e. The third kappa shape index (κ3) is 6.52. The van der Waals surface area contributed by atoms with Crippen molar-refractivity contribution in [2.75, 3.05) is 0 Å². The molecule has 0 amide bonds. The summed E-state index contributed by atoms with van der Waals surface area (Å²) in [5, 5.41) is 3.59. The lowest BCUT2D eigenvalue weighted by Crippen LogP contribution is -2.10. The molecule has 8 aromatic carbocycles. The predicted octanol–water partition coefficient (Wildman–Crippen LogP) is 14.1. The first-order valence-electron chi connectivity index (χ1n) is 19.3. The standard InChI is InChI=1S/C54H38N2/c1-5-13-37(14-6-1)47-34-51(42-17-9-3-10-18-42)56-52(35-47)44-27-25-39(26-28-44)38-21-23-40(24-22-38)45-29-31-48-46(33-45)30-32-50-54(48)49(41-15-7-2-8-16-41)36-53(55-50)43-19-11-4-12-20-43/h1-33,35-36,51H,34H2. The van der Waals surface area contributed by atoms with E-state index in [1.807, 2.05) is 6.07 Å². The molecule has 0 fully saturated rings. The topological polar surface area (TPSA) is 25.2 Å². The van der Waals surface area contributed by atoms with Crippen LogP contribution in [0.4, 0.5) is 0 Å². The molecule has 0 aliphatic carbocycles. The van der Waals surface area contributed by atoms with Gasteiger partial charge in [0.15, 0.2) is 0 Å². The van der Waals surface area contributed by atoms with Gasteiger partial charge in [-0.1, -0.05) is 188 Å². The molecule has 0 radical (unpaired) electrons. The molecule has 2 heteroatoms. The van der Waals surface area contributed by atoms with Crippen LogP contribution in [-0.2, 0) is 0 Å². The van der Waals surface area contributed by atoms with Crippen molar-refractivity contribution < 1.29 is 0 Å². The number of hydrogen-bond acceptors (Lipinski definition) is 2. The number of rotatable bonds is 7. The van der Waals surface area contributed by atoms with E-state index in [1.54, 1.807) is 0 Å². The van der Waals surface area contributed by atoms with Crippen LogP contribution in [0.3, 0.4) is 0 Å². The summed E-state index contributed by atoms with van der Waals surface area (Å²) in [6.45, 7) is 0. The number of allylic oxidation sites excluding steroid dienone is 1. The zero-order valence-corrected chi connectivity index (χ0v) is 30.9. The van der Waals surface area contributed by atoms with Crippen LogP contribution in [0, 0.1) is 0 Å². The van der Waals surface area contributed by atoms with Crippen molar-refractivity contribution in [3.05, 3.63) is 229 Å². The largest absolute Gasteiger partial charge is 0.276 e. The number of aromatic nitrogens is 1. The summed E-state index contributed by atoms with van der Waals surface area (Å²) in [6.07, 6.45) is 3.16. The van der Waals surface area contributed by atoms with Crippen molar-refractivity contribution in [3.63, 3.8) is 0 Å². The molecule has 2 nitrogen and oxygen atoms in total. The summed E-state index contributed by atoms with van der Waals surface area (Å²) in [5.41, 5.74) is 16.2. The highest BCUT2D eigenvalue weighted by molar-refractivity contribution is 6.15. The highest BCUT2D eigenvalue weighted by atomic mass is 14.8. The smallest absolute Gasteiger partial charge is 0.0796 e. The molecule has 264 valence electrons. The van der Waals surface area contributed by atoms with E-state index in [4.69, 9.17) is 9.98 Å². The third-order valence-corrected chi connectivity index (χ3v) is 11.0. The van der Waals surface area contributed by atoms with Crippen LogP contribution in [0.25, 0.3) is 71.9 Å². The Labute approximate surface area is 327 Å². The van der Waals surface area contributed by atoms with Crippen LogP contribution in [-0.4, -0.2) is 10.7 Å². The van der Waals surface area contributed by atoms with E-state index < -0.39 is 0 Å². The summed E-state index contributed by atoms with van der Waals surface area (Å²) in [7, 11) is 0. The third-order valence-electron chi connectivity index (χ3n) is 11.0. The Kier molecular flexibility index (Phi) is 8.70. The average Bonchev–Trinajstić information content (AvgIpc) is 3.29. The van der Waals surface area contributed by atoms with Crippen molar-refractivity contribution in [1.29, 1.82) is 0 Å². The number of pyridine rings is 1. The van der Waals surface area contributed by atoms with Crippen molar-refractivity contribution in [2.24, 2.45) is 4.99 Å². The molecule has 0 saturated heterocycles. The summed E-state index contributed by atoms with van der Waals surface area (Å²) in [4.78, 5) is 10.4. The average molecular weight is 715 g/mol. The molecule has 2 heterocycles. The Bertz CT molecular complexity index is 2880. The van der Waals surface area contributed by atoms with Gasteiger partial charge in [-0.2, -0.15) is 0 Å². The molecule has 0 spiro atoms. The first kappa shape index (κ1) is 33.4. The van der Waals surface area contributed by atoms with Crippen molar-refractivity contribution in [1.82, 2.24) is 4.98 Å². The van der Waals surface area contributed by atoms with E-state index in [0.29, 0.717) is 0 Å². The molecular weight excluding hydrogens is 677 g/mol. The van der Waals surface area contributed by atoms with Crippen molar-refractivity contribution >= 4 is 33.0 Å². The van der Waals surface area contributed by atoms with Gasteiger partial charge in [0, 0.05) is 10.9 Å². The fraction of sp³-hybridized carbons (Fsp3) is 0.0370. The molecule has 1 aliphatic heterocycles. The van der Waals surface area contributed by atoms with Gasteiger partial charge in [-0.05, 0) is 97.1 Å². The number of benzene rings is 8. The van der Waals surface area contributed by atoms with Gasteiger partial charge in [0.2, 0.25) is 0 Å². The second-order valence-electron chi connectivity index (χ2n) is 14.5. The molecule has 1 unspecified atom stereocenters. The van der Waals surface area contributed by atoms with Crippen molar-refractivity contribution in [2.45, 2.75) is 12.5 Å². The fourth-order valence-electron chi connectivity index (χ4n) is 8.10. The highest BCUT2D eigenvalue weighted by Crippen LogP contribution is 2.39. The lowest BCUT2D eigenvalue weighted by molar-refractivity contribution is 0.748. The maximum Gasteiger partial charge on any atom is 0.0796 e. The Morgan fingerprint density at radius 3 is 1.59 bits per heavy atom. The Hall–Kier alpha value is -7.16. The summed E-state index contributed by atoms with van der Waals surface area (Å²) < 4.78 is 0. The van der Waals surface area contributed by atoms with Gasteiger partial charge in [-0.15, -0.1) is 0 Å². The molecule has 1 aromatic heterocycles. The molecule has 1 aliphatic rings. The van der Waals surface area contributed by atoms with E-state index in [2.05, 4.69) is 206 Å². The van der Waals surface area contributed by atoms with E-state index in [9.17, 15) is 0 Å². The van der Waals surface area contributed by atoms with Crippen molar-refractivity contribution in [3.8, 4) is 44.6 Å². The van der Waals surface area contributed by atoms with Gasteiger partial charge in [-0.25, -0.2) is 4.98 Å². The quantitative estimate of drug-likeness (QED) is 0.151. The Morgan fingerprint density at radius 1 is 0.411 bits per heavy atom. The van der Waals surface area contributed by atoms with Gasteiger partial charge in [0.05, 0.1) is 23.0 Å². The Morgan fingerprint density at radius 2 is 0.946 bits per heavy atom. The van der Waals surface area contributed by atoms with E-state index in [1.165, 1.54) is 66.2 Å². The monoisotopic (exact) mass is 714 g/mol. The van der Waals surface area contributed by atoms with Crippen LogP contribution < -0.4 is 0 Å². The van der Waals surface area contributed by atoms with E-state index in [0.717, 1.165) is 34.5 Å². The van der Waals surface area contributed by atoms with Crippen LogP contribution >= 0.6 is 0 Å².